The van der Waals surface area contributed by atoms with E-state index < -0.39 is 20.0 Å². The maximum Gasteiger partial charge on any atom is 0.346 e. The van der Waals surface area contributed by atoms with E-state index in [1.165, 1.54) is 14.2 Å². The van der Waals surface area contributed by atoms with Crippen LogP contribution in [-0.4, -0.2) is 37.9 Å². The molecule has 0 spiro atoms. The number of hydrogen-bond donors (Lipinski definition) is 0. The van der Waals surface area contributed by atoms with E-state index in [1.807, 2.05) is 0 Å². The number of rotatable bonds is 4. The highest BCUT2D eigenvalue weighted by Crippen LogP contribution is 2.28. The van der Waals surface area contributed by atoms with Gasteiger partial charge in [0.1, 0.15) is 0 Å². The number of aromatic nitrogens is 2. The lowest BCUT2D eigenvalue weighted by Crippen LogP contribution is -2.11. The van der Waals surface area contributed by atoms with Crippen molar-refractivity contribution in [3.05, 3.63) is 5.56 Å². The highest BCUT2D eigenvalue weighted by Gasteiger charge is 2.31. The van der Waals surface area contributed by atoms with Crippen LogP contribution in [0.4, 0.5) is 0 Å². The summed E-state index contributed by atoms with van der Waals surface area (Å²) >= 11 is 0. The number of nitrogens with zero attached hydrogens (tertiary/aromatic N) is 2. The zero-order valence-corrected chi connectivity index (χ0v) is 11.0. The first-order chi connectivity index (χ1) is 7.82. The maximum absolute atomic E-state index is 11.6. The summed E-state index contributed by atoms with van der Waals surface area (Å²) in [6, 6.07) is 0. The van der Waals surface area contributed by atoms with Crippen LogP contribution in [0.1, 0.15) is 17.3 Å². The Morgan fingerprint density at radius 2 is 2.12 bits per heavy atom. The zero-order chi connectivity index (χ0) is 13.2. The molecule has 0 saturated carbocycles. The molecule has 0 aliphatic carbocycles. The van der Waals surface area contributed by atoms with Crippen LogP contribution in [0, 0.1) is 0 Å². The number of aryl methyl sites for hydroxylation is 1. The third kappa shape index (κ3) is 2.70. The molecular formula is C8H11ClN2O5S. The van der Waals surface area contributed by atoms with Gasteiger partial charge in [-0.2, -0.15) is 0 Å². The molecule has 0 atom stereocenters. The third-order valence-corrected chi connectivity index (χ3v) is 3.24. The molecule has 0 bridgehead atoms. The lowest BCUT2D eigenvalue weighted by Gasteiger charge is -2.03. The first-order valence-electron chi connectivity index (χ1n) is 4.55. The van der Waals surface area contributed by atoms with Crippen molar-refractivity contribution >= 4 is 25.7 Å². The predicted octanol–water partition coefficient (Wildman–Crippen LogP) is 0.533. The van der Waals surface area contributed by atoms with Crippen molar-refractivity contribution in [1.29, 1.82) is 0 Å². The topological polar surface area (TPSA) is 87.5 Å². The Kier molecular flexibility index (Phi) is 3.99. The summed E-state index contributed by atoms with van der Waals surface area (Å²) in [5, 5.41) is 3.28. The van der Waals surface area contributed by atoms with Crippen molar-refractivity contribution in [1.82, 2.24) is 9.78 Å². The number of halogens is 1. The lowest BCUT2D eigenvalue weighted by molar-refractivity contribution is 0.0518. The van der Waals surface area contributed by atoms with Crippen LogP contribution >= 0.6 is 10.7 Å². The molecule has 0 fully saturated rings. The van der Waals surface area contributed by atoms with Gasteiger partial charge in [0, 0.05) is 17.7 Å². The summed E-state index contributed by atoms with van der Waals surface area (Å²) in [5.41, 5.74) is -0.299. The monoisotopic (exact) mass is 282 g/mol. The van der Waals surface area contributed by atoms with Crippen molar-refractivity contribution in [3.8, 4) is 5.88 Å². The van der Waals surface area contributed by atoms with Gasteiger partial charge in [0.25, 0.3) is 9.05 Å². The average molecular weight is 283 g/mol. The van der Waals surface area contributed by atoms with E-state index in [1.54, 1.807) is 6.92 Å². The summed E-state index contributed by atoms with van der Waals surface area (Å²) in [6.07, 6.45) is 0. The standard InChI is InChI=1S/C8H11ClN2O5S/c1-4-16-8(12)5-6(15-3)10-11(2)7(5)17(9,13)14/h4H2,1-3H3. The fourth-order valence-electron chi connectivity index (χ4n) is 1.29. The largest absolute Gasteiger partial charge is 0.479 e. The SMILES string of the molecule is CCOC(=O)c1c(OC)nn(C)c1S(=O)(=O)Cl. The first kappa shape index (κ1) is 13.8. The predicted molar refractivity (Wildman–Crippen MR) is 58.8 cm³/mol. The molecule has 1 rings (SSSR count). The molecule has 0 radical (unpaired) electrons. The molecule has 0 amide bonds. The third-order valence-electron chi connectivity index (χ3n) is 1.87. The Hall–Kier alpha value is -1.28. The van der Waals surface area contributed by atoms with Gasteiger partial charge in [0.05, 0.1) is 13.7 Å². The molecule has 9 heteroatoms. The molecule has 17 heavy (non-hydrogen) atoms. The molecule has 1 aromatic heterocycles. The quantitative estimate of drug-likeness (QED) is 0.591. The van der Waals surface area contributed by atoms with Crippen molar-refractivity contribution in [3.63, 3.8) is 0 Å². The van der Waals surface area contributed by atoms with Gasteiger partial charge in [-0.05, 0) is 6.92 Å². The molecule has 0 N–H and O–H groups in total. The molecule has 0 saturated heterocycles. The highest BCUT2D eigenvalue weighted by molar-refractivity contribution is 8.13. The first-order valence-corrected chi connectivity index (χ1v) is 6.86. The van der Waals surface area contributed by atoms with Gasteiger partial charge in [-0.25, -0.2) is 13.2 Å². The second-order valence-electron chi connectivity index (χ2n) is 2.97. The normalized spacial score (nSPS) is 11.3. The average Bonchev–Trinajstić information content (AvgIpc) is 2.54. The number of carbonyl (C=O) groups excluding carboxylic acids is 1. The summed E-state index contributed by atoms with van der Waals surface area (Å²) in [5.74, 6) is -0.998. The van der Waals surface area contributed by atoms with Crippen molar-refractivity contribution in [2.45, 2.75) is 11.9 Å². The lowest BCUT2D eigenvalue weighted by atomic mass is 10.3. The minimum Gasteiger partial charge on any atom is -0.479 e. The van der Waals surface area contributed by atoms with Crippen LogP contribution in [-0.2, 0) is 20.8 Å². The molecule has 96 valence electrons. The van der Waals surface area contributed by atoms with Gasteiger partial charge in [0.15, 0.2) is 10.6 Å². The number of esters is 1. The van der Waals surface area contributed by atoms with Crippen LogP contribution in [0.3, 0.4) is 0 Å². The molecular weight excluding hydrogens is 272 g/mol. The van der Waals surface area contributed by atoms with E-state index in [0.717, 1.165) is 4.68 Å². The fraction of sp³-hybridized carbons (Fsp3) is 0.500. The van der Waals surface area contributed by atoms with E-state index in [0.29, 0.717) is 0 Å². The van der Waals surface area contributed by atoms with Gasteiger partial charge in [-0.15, -0.1) is 5.10 Å². The Morgan fingerprint density at radius 3 is 2.53 bits per heavy atom. The van der Waals surface area contributed by atoms with Gasteiger partial charge in [0.2, 0.25) is 5.88 Å². The van der Waals surface area contributed by atoms with Crippen molar-refractivity contribution < 1.29 is 22.7 Å². The smallest absolute Gasteiger partial charge is 0.346 e. The Morgan fingerprint density at radius 1 is 1.53 bits per heavy atom. The van der Waals surface area contributed by atoms with Crippen LogP contribution in [0.15, 0.2) is 5.03 Å². The van der Waals surface area contributed by atoms with Crippen LogP contribution in [0.2, 0.25) is 0 Å². The summed E-state index contributed by atoms with van der Waals surface area (Å²) in [6.45, 7) is 1.69. The minimum atomic E-state index is -4.12. The number of methoxy groups -OCH3 is 1. The van der Waals surface area contributed by atoms with E-state index in [-0.39, 0.29) is 18.1 Å². The molecule has 7 nitrogen and oxygen atoms in total. The van der Waals surface area contributed by atoms with Crippen LogP contribution in [0.5, 0.6) is 5.88 Å². The molecule has 0 aliphatic heterocycles. The summed E-state index contributed by atoms with van der Waals surface area (Å²) < 4.78 is 33.2. The fourth-order valence-corrected chi connectivity index (χ4v) is 2.59. The van der Waals surface area contributed by atoms with Crippen LogP contribution in [0.25, 0.3) is 0 Å². The zero-order valence-electron chi connectivity index (χ0n) is 9.43. The van der Waals surface area contributed by atoms with Crippen molar-refractivity contribution in [2.75, 3.05) is 13.7 Å². The summed E-state index contributed by atoms with van der Waals surface area (Å²) in [4.78, 5) is 11.6. The Bertz CT molecular complexity index is 536. The molecule has 0 aliphatic rings. The van der Waals surface area contributed by atoms with Gasteiger partial charge >= 0.3 is 5.97 Å². The van der Waals surface area contributed by atoms with E-state index in [2.05, 4.69) is 5.10 Å². The van der Waals surface area contributed by atoms with Crippen LogP contribution < -0.4 is 4.74 Å². The van der Waals surface area contributed by atoms with Gasteiger partial charge in [-0.3, -0.25) is 4.68 Å². The van der Waals surface area contributed by atoms with Gasteiger partial charge in [-0.1, -0.05) is 0 Å². The summed E-state index contributed by atoms with van der Waals surface area (Å²) in [7, 11) is 3.70. The minimum absolute atomic E-state index is 0.0959. The Balaban J connectivity index is 3.49. The number of carbonyl (C=O) groups is 1. The van der Waals surface area contributed by atoms with E-state index in [9.17, 15) is 13.2 Å². The second kappa shape index (κ2) is 4.92. The molecule has 0 unspecified atom stereocenters. The number of ether oxygens (including phenoxy) is 2. The maximum atomic E-state index is 11.6. The molecule has 0 aromatic carbocycles. The van der Waals surface area contributed by atoms with E-state index in [4.69, 9.17) is 20.2 Å². The second-order valence-corrected chi connectivity index (χ2v) is 5.45. The Labute approximate surface area is 103 Å². The number of hydrogen-bond acceptors (Lipinski definition) is 6. The van der Waals surface area contributed by atoms with Gasteiger partial charge < -0.3 is 9.47 Å². The highest BCUT2D eigenvalue weighted by atomic mass is 35.7. The van der Waals surface area contributed by atoms with Crippen molar-refractivity contribution in [2.24, 2.45) is 7.05 Å². The van der Waals surface area contributed by atoms with E-state index >= 15 is 0 Å². The molecule has 1 aromatic rings. The molecule has 1 heterocycles.